The van der Waals surface area contributed by atoms with Crippen LogP contribution in [0.15, 0.2) is 27.1 Å². The second-order valence-corrected chi connectivity index (χ2v) is 6.32. The quantitative estimate of drug-likeness (QED) is 0.328. The van der Waals surface area contributed by atoms with Gasteiger partial charge in [0, 0.05) is 10.9 Å². The maximum Gasteiger partial charge on any atom is 0.311 e. The van der Waals surface area contributed by atoms with Gasteiger partial charge in [-0.15, -0.1) is 11.3 Å². The van der Waals surface area contributed by atoms with Gasteiger partial charge in [-0.25, -0.2) is 9.37 Å². The third-order valence-electron chi connectivity index (χ3n) is 2.61. The molecule has 0 amide bonds. The maximum atomic E-state index is 13.9. The molecular weight excluding hydrogens is 409 g/mol. The fourth-order valence-corrected chi connectivity index (χ4v) is 2.76. The summed E-state index contributed by atoms with van der Waals surface area (Å²) in [6.45, 7) is 2.08. The van der Waals surface area contributed by atoms with Crippen LogP contribution in [0.5, 0.6) is 0 Å². The number of hydrazone groups is 1. The van der Waals surface area contributed by atoms with Crippen LogP contribution in [-0.2, 0) is 16.0 Å². The average molecular weight is 421 g/mol. The van der Waals surface area contributed by atoms with Crippen LogP contribution < -0.4 is 5.43 Å². The van der Waals surface area contributed by atoms with Crippen molar-refractivity contribution in [3.8, 4) is 0 Å². The minimum Gasteiger partial charge on any atom is -0.466 e. The minimum atomic E-state index is -0.495. The monoisotopic (exact) mass is 419 g/mol. The molecule has 0 aliphatic carbocycles. The molecule has 0 saturated carbocycles. The van der Waals surface area contributed by atoms with Crippen LogP contribution in [0.1, 0.15) is 18.2 Å². The summed E-state index contributed by atoms with van der Waals surface area (Å²) in [5, 5.41) is 6.44. The number of hydrogen-bond acceptors (Lipinski definition) is 6. The fraction of sp³-hybridized carbons (Fsp3) is 0.214. The Bertz CT molecular complexity index is 739. The van der Waals surface area contributed by atoms with Crippen LogP contribution in [0, 0.1) is 5.82 Å². The van der Waals surface area contributed by atoms with Gasteiger partial charge < -0.3 is 4.74 Å². The van der Waals surface area contributed by atoms with E-state index in [4.69, 9.17) is 16.3 Å². The van der Waals surface area contributed by atoms with Gasteiger partial charge in [0.2, 0.25) is 5.13 Å². The standard InChI is InChI=1S/C14H12BrClFN3O2S/c1-2-22-11(21)5-9-7-23-14(19-9)20-18-6-8-3-4-10(16)12(15)13(8)17/h3-4,6-7H,2,5H2,1H3,(H,19,20). The van der Waals surface area contributed by atoms with Crippen LogP contribution in [0.3, 0.4) is 0 Å². The molecule has 0 unspecified atom stereocenters. The molecular formula is C14H12BrClFN3O2S. The van der Waals surface area contributed by atoms with E-state index < -0.39 is 5.82 Å². The number of esters is 1. The van der Waals surface area contributed by atoms with Gasteiger partial charge in [0.25, 0.3) is 0 Å². The van der Waals surface area contributed by atoms with Crippen LogP contribution in [0.4, 0.5) is 9.52 Å². The molecule has 1 heterocycles. The number of benzene rings is 1. The minimum absolute atomic E-state index is 0.106. The van der Waals surface area contributed by atoms with Crippen molar-refractivity contribution >= 4 is 56.2 Å². The smallest absolute Gasteiger partial charge is 0.311 e. The third kappa shape index (κ3) is 4.98. The normalized spacial score (nSPS) is 11.0. The number of nitrogens with one attached hydrogen (secondary N) is 1. The first-order valence-corrected chi connectivity index (χ1v) is 8.59. The summed E-state index contributed by atoms with van der Waals surface area (Å²) in [5.41, 5.74) is 3.55. The van der Waals surface area contributed by atoms with Gasteiger partial charge in [-0.1, -0.05) is 11.6 Å². The highest BCUT2D eigenvalue weighted by Crippen LogP contribution is 2.27. The number of nitrogens with zero attached hydrogens (tertiary/aromatic N) is 2. The average Bonchev–Trinajstić information content (AvgIpc) is 2.95. The molecule has 0 aliphatic heterocycles. The summed E-state index contributed by atoms with van der Waals surface area (Å²) in [7, 11) is 0. The van der Waals surface area contributed by atoms with Crippen molar-refractivity contribution in [3.05, 3.63) is 44.1 Å². The summed E-state index contributed by atoms with van der Waals surface area (Å²) in [5.74, 6) is -0.828. The number of carbonyl (C=O) groups excluding carboxylic acids is 1. The summed E-state index contributed by atoms with van der Waals surface area (Å²) in [6.07, 6.45) is 1.43. The number of rotatable bonds is 6. The van der Waals surface area contributed by atoms with E-state index >= 15 is 0 Å². The topological polar surface area (TPSA) is 63.6 Å². The van der Waals surface area contributed by atoms with Gasteiger partial charge in [0.1, 0.15) is 5.82 Å². The number of anilines is 1. The van der Waals surface area contributed by atoms with Gasteiger partial charge in [-0.3, -0.25) is 10.2 Å². The Hall–Kier alpha value is -1.51. The fourth-order valence-electron chi connectivity index (χ4n) is 1.60. The molecule has 0 bridgehead atoms. The predicted molar refractivity (Wildman–Crippen MR) is 92.8 cm³/mol. The van der Waals surface area contributed by atoms with E-state index in [1.165, 1.54) is 23.6 Å². The number of ether oxygens (including phenoxy) is 1. The van der Waals surface area contributed by atoms with E-state index in [1.54, 1.807) is 18.4 Å². The molecule has 1 N–H and O–H groups in total. The first kappa shape index (κ1) is 17.8. The van der Waals surface area contributed by atoms with Crippen LogP contribution >= 0.6 is 38.9 Å². The van der Waals surface area contributed by atoms with Crippen LogP contribution in [-0.4, -0.2) is 23.8 Å². The van der Waals surface area contributed by atoms with Crippen molar-refractivity contribution in [1.82, 2.24) is 4.98 Å². The second kappa shape index (κ2) is 8.37. The second-order valence-electron chi connectivity index (χ2n) is 4.26. The lowest BCUT2D eigenvalue weighted by Gasteiger charge is -2.01. The van der Waals surface area contributed by atoms with Gasteiger partial charge in [-0.2, -0.15) is 5.10 Å². The zero-order valence-electron chi connectivity index (χ0n) is 12.0. The summed E-state index contributed by atoms with van der Waals surface area (Å²) < 4.78 is 18.9. The van der Waals surface area contributed by atoms with E-state index in [9.17, 15) is 9.18 Å². The summed E-state index contributed by atoms with van der Waals surface area (Å²) in [6, 6.07) is 3.08. The van der Waals surface area contributed by atoms with Crippen LogP contribution in [0.2, 0.25) is 5.02 Å². The Morgan fingerprint density at radius 1 is 1.61 bits per heavy atom. The number of carbonyl (C=O) groups is 1. The summed E-state index contributed by atoms with van der Waals surface area (Å²) >= 11 is 10.1. The van der Waals surface area contributed by atoms with Crippen LogP contribution in [0.25, 0.3) is 0 Å². The van der Waals surface area contributed by atoms with E-state index in [1.807, 2.05) is 0 Å². The highest BCUT2D eigenvalue weighted by atomic mass is 79.9. The molecule has 2 aromatic rings. The predicted octanol–water partition coefficient (Wildman–Crippen LogP) is 4.25. The Kier molecular flexibility index (Phi) is 6.49. The van der Waals surface area contributed by atoms with Crippen molar-refractivity contribution in [2.45, 2.75) is 13.3 Å². The summed E-state index contributed by atoms with van der Waals surface area (Å²) in [4.78, 5) is 15.5. The molecule has 0 atom stereocenters. The van der Waals surface area contributed by atoms with E-state index in [-0.39, 0.29) is 27.4 Å². The molecule has 1 aromatic carbocycles. The number of thiazole rings is 1. The maximum absolute atomic E-state index is 13.9. The number of hydrogen-bond donors (Lipinski definition) is 1. The number of halogens is 3. The van der Waals surface area contributed by atoms with Crippen molar-refractivity contribution in [2.75, 3.05) is 12.0 Å². The lowest BCUT2D eigenvalue weighted by molar-refractivity contribution is -0.142. The number of aromatic nitrogens is 1. The molecule has 0 saturated heterocycles. The highest BCUT2D eigenvalue weighted by Gasteiger charge is 2.09. The molecule has 0 radical (unpaired) electrons. The lowest BCUT2D eigenvalue weighted by atomic mass is 10.2. The Morgan fingerprint density at radius 3 is 3.13 bits per heavy atom. The van der Waals surface area contributed by atoms with Gasteiger partial charge in [-0.05, 0) is 35.0 Å². The van der Waals surface area contributed by atoms with Crippen molar-refractivity contribution < 1.29 is 13.9 Å². The van der Waals surface area contributed by atoms with E-state index in [2.05, 4.69) is 31.4 Å². The van der Waals surface area contributed by atoms with Gasteiger partial charge >= 0.3 is 5.97 Å². The molecule has 5 nitrogen and oxygen atoms in total. The van der Waals surface area contributed by atoms with Crippen molar-refractivity contribution in [3.63, 3.8) is 0 Å². The molecule has 23 heavy (non-hydrogen) atoms. The largest absolute Gasteiger partial charge is 0.466 e. The Balaban J connectivity index is 1.97. The molecule has 9 heteroatoms. The first-order chi connectivity index (χ1) is 11.0. The molecule has 0 fully saturated rings. The molecule has 1 aromatic heterocycles. The molecule has 0 aliphatic rings. The zero-order valence-corrected chi connectivity index (χ0v) is 15.1. The van der Waals surface area contributed by atoms with E-state index in [0.29, 0.717) is 17.4 Å². The Morgan fingerprint density at radius 2 is 2.39 bits per heavy atom. The highest BCUT2D eigenvalue weighted by molar-refractivity contribution is 9.10. The Labute approximate surface area is 149 Å². The zero-order chi connectivity index (χ0) is 16.8. The van der Waals surface area contributed by atoms with E-state index in [0.717, 1.165) is 0 Å². The lowest BCUT2D eigenvalue weighted by Crippen LogP contribution is -2.07. The first-order valence-electron chi connectivity index (χ1n) is 6.53. The van der Waals surface area contributed by atoms with Gasteiger partial charge in [0.05, 0.1) is 34.4 Å². The van der Waals surface area contributed by atoms with Crippen molar-refractivity contribution in [2.24, 2.45) is 5.10 Å². The third-order valence-corrected chi connectivity index (χ3v) is 4.73. The van der Waals surface area contributed by atoms with Crippen molar-refractivity contribution in [1.29, 1.82) is 0 Å². The molecule has 2 rings (SSSR count). The molecule has 0 spiro atoms. The molecule has 122 valence electrons. The SMILES string of the molecule is CCOC(=O)Cc1csc(NN=Cc2ccc(Cl)c(Br)c2F)n1. The van der Waals surface area contributed by atoms with Gasteiger partial charge in [0.15, 0.2) is 0 Å².